The van der Waals surface area contributed by atoms with Gasteiger partial charge in [0, 0.05) is 0 Å². The molecule has 48 valence electrons. The normalized spacial score (nSPS) is 20.4. The quantitative estimate of drug-likeness (QED) is 0.514. The molecule has 1 heteroatoms. The van der Waals surface area contributed by atoms with Gasteiger partial charge in [-0.2, -0.15) is 5.26 Å². The number of nitrogens with zero attached hydrogens (tertiary/aromatic N) is 1. The summed E-state index contributed by atoms with van der Waals surface area (Å²) in [6, 6.07) is 2.32. The molecular formula is C8H11N. The minimum absolute atomic E-state index is 0.0197. The number of hydrogen-bond donors (Lipinski definition) is 0. The third-order valence-electron chi connectivity index (χ3n) is 1.73. The van der Waals surface area contributed by atoms with Crippen LogP contribution in [0.3, 0.4) is 0 Å². The fourth-order valence-corrected chi connectivity index (χ4v) is 1.06. The topological polar surface area (TPSA) is 23.8 Å². The van der Waals surface area contributed by atoms with Crippen LogP contribution in [0, 0.1) is 16.7 Å². The lowest BCUT2D eigenvalue weighted by atomic mass is 10.0. The zero-order valence-electron chi connectivity index (χ0n) is 5.78. The van der Waals surface area contributed by atoms with E-state index in [1.165, 1.54) is 0 Å². The highest BCUT2D eigenvalue weighted by atomic mass is 14.5. The Morgan fingerprint density at radius 2 is 2.33 bits per heavy atom. The van der Waals surface area contributed by atoms with Crippen molar-refractivity contribution in [2.45, 2.75) is 26.2 Å². The lowest BCUT2D eigenvalue weighted by Gasteiger charge is -2.01. The molecule has 1 aliphatic carbocycles. The number of allylic oxidation sites excluding steroid dienone is 1. The summed E-state index contributed by atoms with van der Waals surface area (Å²) in [5.74, 6) is 0. The van der Waals surface area contributed by atoms with Gasteiger partial charge < -0.3 is 0 Å². The third kappa shape index (κ3) is 1.32. The second-order valence-electron chi connectivity index (χ2n) is 3.03. The summed E-state index contributed by atoms with van der Waals surface area (Å²) in [6.07, 6.45) is 3.07. The van der Waals surface area contributed by atoms with Gasteiger partial charge in [0.15, 0.2) is 0 Å². The summed E-state index contributed by atoms with van der Waals surface area (Å²) < 4.78 is 0. The van der Waals surface area contributed by atoms with E-state index in [4.69, 9.17) is 5.26 Å². The maximum atomic E-state index is 8.61. The first-order chi connectivity index (χ1) is 4.18. The summed E-state index contributed by atoms with van der Waals surface area (Å²) in [7, 11) is 0. The molecule has 1 saturated carbocycles. The molecule has 0 aromatic carbocycles. The van der Waals surface area contributed by atoms with E-state index in [2.05, 4.69) is 12.6 Å². The number of nitriles is 1. The highest BCUT2D eigenvalue weighted by molar-refractivity contribution is 5.15. The van der Waals surface area contributed by atoms with E-state index in [1.54, 1.807) is 0 Å². The van der Waals surface area contributed by atoms with E-state index < -0.39 is 0 Å². The molecule has 1 fully saturated rings. The Morgan fingerprint density at radius 1 is 1.78 bits per heavy atom. The average molecular weight is 121 g/mol. The van der Waals surface area contributed by atoms with Crippen molar-refractivity contribution >= 4 is 0 Å². The van der Waals surface area contributed by atoms with Crippen LogP contribution in [0.4, 0.5) is 0 Å². The largest absolute Gasteiger partial charge is 0.198 e. The Morgan fingerprint density at radius 3 is 2.44 bits per heavy atom. The van der Waals surface area contributed by atoms with Gasteiger partial charge in [0.05, 0.1) is 11.5 Å². The minimum Gasteiger partial charge on any atom is -0.198 e. The lowest BCUT2D eigenvalue weighted by molar-refractivity contribution is 0.661. The maximum Gasteiger partial charge on any atom is 0.0693 e. The molecule has 0 unspecified atom stereocenters. The standard InChI is InChI=1S/C8H11N/c1-7(2)5-8(6-9)3-4-8/h1,3-5H2,2H3. The molecule has 0 aromatic rings. The van der Waals surface area contributed by atoms with E-state index in [-0.39, 0.29) is 5.41 Å². The van der Waals surface area contributed by atoms with Crippen molar-refractivity contribution in [2.24, 2.45) is 5.41 Å². The van der Waals surface area contributed by atoms with Gasteiger partial charge in [0.2, 0.25) is 0 Å². The van der Waals surface area contributed by atoms with Gasteiger partial charge in [-0.3, -0.25) is 0 Å². The van der Waals surface area contributed by atoms with Crippen molar-refractivity contribution in [3.05, 3.63) is 12.2 Å². The predicted octanol–water partition coefficient (Wildman–Crippen LogP) is 2.26. The van der Waals surface area contributed by atoms with Gasteiger partial charge in [-0.05, 0) is 26.2 Å². The molecule has 0 spiro atoms. The second-order valence-corrected chi connectivity index (χ2v) is 3.03. The van der Waals surface area contributed by atoms with E-state index in [1.807, 2.05) is 6.92 Å². The molecule has 0 amide bonds. The zero-order chi connectivity index (χ0) is 6.91. The van der Waals surface area contributed by atoms with Crippen LogP contribution < -0.4 is 0 Å². The number of rotatable bonds is 2. The van der Waals surface area contributed by atoms with Crippen molar-refractivity contribution in [1.82, 2.24) is 0 Å². The Kier molecular flexibility index (Phi) is 1.32. The van der Waals surface area contributed by atoms with Crippen LogP contribution in [0.15, 0.2) is 12.2 Å². The summed E-state index contributed by atoms with van der Waals surface area (Å²) in [5.41, 5.74) is 1.15. The fraction of sp³-hybridized carbons (Fsp3) is 0.625. The second kappa shape index (κ2) is 1.88. The van der Waals surface area contributed by atoms with Crippen LogP contribution in [0.1, 0.15) is 26.2 Å². The Hall–Kier alpha value is -0.770. The molecule has 0 atom stereocenters. The first-order valence-corrected chi connectivity index (χ1v) is 3.24. The lowest BCUT2D eigenvalue weighted by Crippen LogP contribution is -1.94. The predicted molar refractivity (Wildman–Crippen MR) is 36.7 cm³/mol. The Balaban J connectivity index is 2.45. The summed E-state index contributed by atoms with van der Waals surface area (Å²) in [6.45, 7) is 5.76. The van der Waals surface area contributed by atoms with Gasteiger partial charge in [-0.1, -0.05) is 5.57 Å². The molecular weight excluding hydrogens is 110 g/mol. The van der Waals surface area contributed by atoms with Crippen molar-refractivity contribution in [2.75, 3.05) is 0 Å². The van der Waals surface area contributed by atoms with Gasteiger partial charge in [-0.15, -0.1) is 6.58 Å². The van der Waals surface area contributed by atoms with Crippen molar-refractivity contribution in [3.8, 4) is 6.07 Å². The van der Waals surface area contributed by atoms with E-state index in [9.17, 15) is 0 Å². The smallest absolute Gasteiger partial charge is 0.0693 e. The highest BCUT2D eigenvalue weighted by Crippen LogP contribution is 2.49. The molecule has 0 bridgehead atoms. The highest BCUT2D eigenvalue weighted by Gasteiger charge is 2.42. The van der Waals surface area contributed by atoms with Gasteiger partial charge in [-0.25, -0.2) is 0 Å². The zero-order valence-corrected chi connectivity index (χ0v) is 5.78. The van der Waals surface area contributed by atoms with Crippen molar-refractivity contribution < 1.29 is 0 Å². The van der Waals surface area contributed by atoms with Crippen LogP contribution >= 0.6 is 0 Å². The van der Waals surface area contributed by atoms with Gasteiger partial charge >= 0.3 is 0 Å². The van der Waals surface area contributed by atoms with Crippen molar-refractivity contribution in [1.29, 1.82) is 5.26 Å². The van der Waals surface area contributed by atoms with E-state index in [0.717, 1.165) is 24.8 Å². The molecule has 0 N–H and O–H groups in total. The Bertz CT molecular complexity index is 169. The summed E-state index contributed by atoms with van der Waals surface area (Å²) >= 11 is 0. The van der Waals surface area contributed by atoms with E-state index >= 15 is 0 Å². The molecule has 0 radical (unpaired) electrons. The molecule has 0 aromatic heterocycles. The fourth-order valence-electron chi connectivity index (χ4n) is 1.06. The van der Waals surface area contributed by atoms with Crippen LogP contribution in [0.25, 0.3) is 0 Å². The molecule has 1 rings (SSSR count). The number of hydrogen-bond acceptors (Lipinski definition) is 1. The van der Waals surface area contributed by atoms with Crippen LogP contribution in [0.5, 0.6) is 0 Å². The SMILES string of the molecule is C=C(C)CC1(C#N)CC1. The van der Waals surface area contributed by atoms with Crippen LogP contribution in [-0.4, -0.2) is 0 Å². The van der Waals surface area contributed by atoms with Crippen LogP contribution in [0.2, 0.25) is 0 Å². The molecule has 1 aliphatic rings. The first kappa shape index (κ1) is 6.35. The maximum absolute atomic E-state index is 8.61. The van der Waals surface area contributed by atoms with Gasteiger partial charge in [0.25, 0.3) is 0 Å². The summed E-state index contributed by atoms with van der Waals surface area (Å²) in [4.78, 5) is 0. The summed E-state index contributed by atoms with van der Waals surface area (Å²) in [5, 5.41) is 8.61. The van der Waals surface area contributed by atoms with Crippen molar-refractivity contribution in [3.63, 3.8) is 0 Å². The van der Waals surface area contributed by atoms with E-state index in [0.29, 0.717) is 0 Å². The average Bonchev–Trinajstić information content (AvgIpc) is 2.48. The molecule has 0 saturated heterocycles. The van der Waals surface area contributed by atoms with Crippen LogP contribution in [-0.2, 0) is 0 Å². The minimum atomic E-state index is 0.0197. The monoisotopic (exact) mass is 121 g/mol. The third-order valence-corrected chi connectivity index (χ3v) is 1.73. The molecule has 0 aliphatic heterocycles. The molecule has 0 heterocycles. The first-order valence-electron chi connectivity index (χ1n) is 3.24. The van der Waals surface area contributed by atoms with Gasteiger partial charge in [0.1, 0.15) is 0 Å². The molecule has 1 nitrogen and oxygen atoms in total. The Labute approximate surface area is 56.0 Å². The molecule has 9 heavy (non-hydrogen) atoms.